The fourth-order valence-corrected chi connectivity index (χ4v) is 3.29. The fraction of sp³-hybridized carbons (Fsp3) is 0.0909. The number of aliphatic hydroxyl groups is 1. The lowest BCUT2D eigenvalue weighted by atomic mass is 10.1. The fourth-order valence-electron chi connectivity index (χ4n) is 1.38. The van der Waals surface area contributed by atoms with Gasteiger partial charge in [0.1, 0.15) is 11.9 Å². The van der Waals surface area contributed by atoms with Crippen LogP contribution in [0.1, 0.15) is 16.5 Å². The Bertz CT molecular complexity index is 558. The van der Waals surface area contributed by atoms with Crippen molar-refractivity contribution < 1.29 is 9.50 Å². The second kappa shape index (κ2) is 5.36. The molecule has 0 amide bonds. The molecule has 1 atom stereocenters. The quantitative estimate of drug-likeness (QED) is 0.692. The van der Waals surface area contributed by atoms with Gasteiger partial charge in [-0.3, -0.25) is 0 Å². The van der Waals surface area contributed by atoms with E-state index in [9.17, 15) is 9.50 Å². The summed E-state index contributed by atoms with van der Waals surface area (Å²) in [5, 5.41) is 10.4. The van der Waals surface area contributed by atoms with Gasteiger partial charge >= 0.3 is 0 Å². The molecule has 0 radical (unpaired) electrons. The Balaban J connectivity index is 2.43. The maximum atomic E-state index is 13.7. The molecule has 0 fully saturated rings. The lowest BCUT2D eigenvalue weighted by molar-refractivity contribution is 0.218. The molecule has 1 aromatic heterocycles. The topological polar surface area (TPSA) is 20.2 Å². The summed E-state index contributed by atoms with van der Waals surface area (Å²) in [6, 6.07) is 6.24. The molecule has 17 heavy (non-hydrogen) atoms. The molecule has 1 aromatic carbocycles. The van der Waals surface area contributed by atoms with Crippen LogP contribution in [0.15, 0.2) is 32.5 Å². The highest BCUT2D eigenvalue weighted by atomic mass is 79.9. The standard InChI is InChI=1S/C11H6Br2ClFOS/c12-6-4-8(15)5(3-7(6)14)11(16)9-1-2-10(13)17-9/h1-4,11,16H. The summed E-state index contributed by atoms with van der Waals surface area (Å²) in [5.41, 5.74) is 0.174. The second-order valence-electron chi connectivity index (χ2n) is 3.33. The Hall–Kier alpha value is 0.0600. The van der Waals surface area contributed by atoms with E-state index in [0.29, 0.717) is 14.4 Å². The van der Waals surface area contributed by atoms with E-state index in [0.717, 1.165) is 3.79 Å². The SMILES string of the molecule is OC(c1ccc(Br)s1)c1cc(Cl)c(Br)cc1F. The maximum Gasteiger partial charge on any atom is 0.130 e. The van der Waals surface area contributed by atoms with E-state index in [-0.39, 0.29) is 5.56 Å². The van der Waals surface area contributed by atoms with Gasteiger partial charge in [0.2, 0.25) is 0 Å². The molecular formula is C11H6Br2ClFOS. The molecule has 1 N–H and O–H groups in total. The van der Waals surface area contributed by atoms with E-state index in [2.05, 4.69) is 31.9 Å². The van der Waals surface area contributed by atoms with Crippen LogP contribution in [0.2, 0.25) is 5.02 Å². The van der Waals surface area contributed by atoms with Crippen molar-refractivity contribution in [3.63, 3.8) is 0 Å². The molecule has 0 aliphatic carbocycles. The van der Waals surface area contributed by atoms with Crippen molar-refractivity contribution in [2.24, 2.45) is 0 Å². The average molecular weight is 400 g/mol. The van der Waals surface area contributed by atoms with Crippen molar-refractivity contribution in [2.75, 3.05) is 0 Å². The molecule has 0 bridgehead atoms. The first-order valence-corrected chi connectivity index (χ1v) is 7.35. The summed E-state index contributed by atoms with van der Waals surface area (Å²) < 4.78 is 15.1. The lowest BCUT2D eigenvalue weighted by Crippen LogP contribution is -2.00. The minimum atomic E-state index is -1.00. The van der Waals surface area contributed by atoms with Crippen LogP contribution < -0.4 is 0 Å². The zero-order valence-electron chi connectivity index (χ0n) is 8.25. The second-order valence-corrected chi connectivity index (χ2v) is 7.09. The first-order chi connectivity index (χ1) is 7.99. The molecule has 0 aliphatic rings. The Morgan fingerprint density at radius 1 is 1.29 bits per heavy atom. The van der Waals surface area contributed by atoms with Crippen LogP contribution in [0.5, 0.6) is 0 Å². The predicted octanol–water partition coefficient (Wildman–Crippen LogP) is 5.15. The zero-order valence-corrected chi connectivity index (χ0v) is 13.0. The molecule has 0 aliphatic heterocycles. The van der Waals surface area contributed by atoms with Gasteiger partial charge in [-0.25, -0.2) is 4.39 Å². The van der Waals surface area contributed by atoms with Crippen LogP contribution >= 0.6 is 54.8 Å². The van der Waals surface area contributed by atoms with Gasteiger partial charge in [0, 0.05) is 14.9 Å². The Labute approximate surface area is 123 Å². The zero-order chi connectivity index (χ0) is 12.6. The Kier molecular flexibility index (Phi) is 4.26. The van der Waals surface area contributed by atoms with Gasteiger partial charge in [-0.2, -0.15) is 0 Å². The first-order valence-electron chi connectivity index (χ1n) is 4.57. The van der Waals surface area contributed by atoms with Crippen LogP contribution in [-0.2, 0) is 0 Å². The first kappa shape index (κ1) is 13.5. The number of thiophene rings is 1. The van der Waals surface area contributed by atoms with E-state index in [4.69, 9.17) is 11.6 Å². The van der Waals surface area contributed by atoms with E-state index >= 15 is 0 Å². The molecule has 0 saturated carbocycles. The Morgan fingerprint density at radius 3 is 2.59 bits per heavy atom. The molecule has 6 heteroatoms. The van der Waals surface area contributed by atoms with E-state index in [1.54, 1.807) is 6.07 Å². The van der Waals surface area contributed by atoms with Crippen LogP contribution in [0, 0.1) is 5.82 Å². The van der Waals surface area contributed by atoms with E-state index in [1.165, 1.54) is 23.5 Å². The number of hydrogen-bond acceptors (Lipinski definition) is 2. The molecule has 0 saturated heterocycles. The summed E-state index contributed by atoms with van der Waals surface area (Å²) in [7, 11) is 0. The summed E-state index contributed by atoms with van der Waals surface area (Å²) >= 11 is 13.7. The minimum Gasteiger partial charge on any atom is -0.383 e. The summed E-state index contributed by atoms with van der Waals surface area (Å²) in [6.45, 7) is 0. The van der Waals surface area contributed by atoms with Crippen molar-refractivity contribution in [3.8, 4) is 0 Å². The molecule has 2 rings (SSSR count). The molecule has 2 aromatic rings. The highest BCUT2D eigenvalue weighted by molar-refractivity contribution is 9.11. The molecule has 1 unspecified atom stereocenters. The van der Waals surface area contributed by atoms with Crippen molar-refractivity contribution in [1.82, 2.24) is 0 Å². The van der Waals surface area contributed by atoms with Crippen LogP contribution in [0.25, 0.3) is 0 Å². The van der Waals surface area contributed by atoms with E-state index < -0.39 is 11.9 Å². The van der Waals surface area contributed by atoms with Crippen LogP contribution in [-0.4, -0.2) is 5.11 Å². The van der Waals surface area contributed by atoms with Gasteiger partial charge in [0.25, 0.3) is 0 Å². The number of hydrogen-bond donors (Lipinski definition) is 1. The van der Waals surface area contributed by atoms with Crippen LogP contribution in [0.3, 0.4) is 0 Å². The van der Waals surface area contributed by atoms with Gasteiger partial charge in [-0.05, 0) is 56.1 Å². The van der Waals surface area contributed by atoms with Gasteiger partial charge < -0.3 is 5.11 Å². The highest BCUT2D eigenvalue weighted by Gasteiger charge is 2.18. The van der Waals surface area contributed by atoms with E-state index in [1.807, 2.05) is 6.07 Å². The summed E-state index contributed by atoms with van der Waals surface area (Å²) in [6.07, 6.45) is -1.00. The third-order valence-electron chi connectivity index (χ3n) is 2.20. The van der Waals surface area contributed by atoms with Gasteiger partial charge in [0.05, 0.1) is 8.81 Å². The molecule has 1 nitrogen and oxygen atoms in total. The monoisotopic (exact) mass is 398 g/mol. The molecule has 0 spiro atoms. The maximum absolute atomic E-state index is 13.7. The number of halogens is 4. The average Bonchev–Trinajstić information content (AvgIpc) is 2.69. The normalized spacial score (nSPS) is 12.8. The smallest absolute Gasteiger partial charge is 0.130 e. The predicted molar refractivity (Wildman–Crippen MR) is 75.2 cm³/mol. The van der Waals surface area contributed by atoms with Gasteiger partial charge in [0.15, 0.2) is 0 Å². The van der Waals surface area contributed by atoms with Crippen molar-refractivity contribution >= 4 is 54.8 Å². The Morgan fingerprint density at radius 2 is 2.00 bits per heavy atom. The van der Waals surface area contributed by atoms with Crippen molar-refractivity contribution in [3.05, 3.63) is 53.8 Å². The van der Waals surface area contributed by atoms with Gasteiger partial charge in [-0.1, -0.05) is 11.6 Å². The summed E-state index contributed by atoms with van der Waals surface area (Å²) in [4.78, 5) is 0.661. The van der Waals surface area contributed by atoms with Crippen molar-refractivity contribution in [1.29, 1.82) is 0 Å². The lowest BCUT2D eigenvalue weighted by Gasteiger charge is -2.11. The highest BCUT2D eigenvalue weighted by Crippen LogP contribution is 2.35. The largest absolute Gasteiger partial charge is 0.383 e. The third kappa shape index (κ3) is 2.90. The summed E-state index contributed by atoms with van der Waals surface area (Å²) in [5.74, 6) is -0.488. The molecular weight excluding hydrogens is 394 g/mol. The number of benzene rings is 1. The number of rotatable bonds is 2. The third-order valence-corrected chi connectivity index (χ3v) is 5.07. The van der Waals surface area contributed by atoms with Crippen molar-refractivity contribution in [2.45, 2.75) is 6.10 Å². The van der Waals surface area contributed by atoms with Crippen LogP contribution in [0.4, 0.5) is 4.39 Å². The number of aliphatic hydroxyl groups excluding tert-OH is 1. The molecule has 90 valence electrons. The molecule has 1 heterocycles. The van der Waals surface area contributed by atoms with Gasteiger partial charge in [-0.15, -0.1) is 11.3 Å². The minimum absolute atomic E-state index is 0.174.